The Morgan fingerprint density at radius 3 is 1.68 bits per heavy atom. The molecule has 0 unspecified atom stereocenters. The molecule has 1 aromatic carbocycles. The molecule has 0 fully saturated rings. The maximum absolute atomic E-state index is 12.8. The molecule has 0 amide bonds. The third-order valence-electron chi connectivity index (χ3n) is 3.57. The molecule has 0 heterocycles. The summed E-state index contributed by atoms with van der Waals surface area (Å²) in [6, 6.07) is 7.11. The Labute approximate surface area is 140 Å². The summed E-state index contributed by atoms with van der Waals surface area (Å²) in [5.41, 5.74) is -1.64. The monoisotopic (exact) mass is 370 g/mol. The molecule has 0 spiro atoms. The first-order valence-electron chi connectivity index (χ1n) is 7.32. The van der Waals surface area contributed by atoms with E-state index in [0.29, 0.717) is 5.56 Å². The Kier molecular flexibility index (Phi) is 6.17. The van der Waals surface area contributed by atoms with Gasteiger partial charge in [0.25, 0.3) is 0 Å². The molecule has 0 aliphatic heterocycles. The van der Waals surface area contributed by atoms with Crippen molar-refractivity contribution in [2.45, 2.75) is 40.0 Å². The van der Waals surface area contributed by atoms with Gasteiger partial charge in [0.1, 0.15) is 0 Å². The van der Waals surface area contributed by atoms with E-state index in [0.717, 1.165) is 4.47 Å². The van der Waals surface area contributed by atoms with Crippen molar-refractivity contribution in [1.82, 2.24) is 0 Å². The fourth-order valence-electron chi connectivity index (χ4n) is 2.54. The average molecular weight is 371 g/mol. The lowest BCUT2D eigenvalue weighted by Crippen LogP contribution is -2.55. The first kappa shape index (κ1) is 18.7. The van der Waals surface area contributed by atoms with Crippen molar-refractivity contribution in [3.05, 3.63) is 34.3 Å². The van der Waals surface area contributed by atoms with Crippen LogP contribution in [0.15, 0.2) is 28.7 Å². The number of ether oxygens (including phenoxy) is 2. The molecule has 0 bridgehead atoms. The van der Waals surface area contributed by atoms with Gasteiger partial charge in [-0.1, -0.05) is 48.8 Å². The van der Waals surface area contributed by atoms with E-state index >= 15 is 0 Å². The minimum atomic E-state index is -1.50. The highest BCUT2D eigenvalue weighted by Gasteiger charge is 2.58. The largest absolute Gasteiger partial charge is 0.465 e. The fraction of sp³-hybridized carbons (Fsp3) is 0.529. The Morgan fingerprint density at radius 1 is 0.955 bits per heavy atom. The van der Waals surface area contributed by atoms with Gasteiger partial charge < -0.3 is 9.47 Å². The summed E-state index contributed by atoms with van der Waals surface area (Å²) in [7, 11) is 0. The second kappa shape index (κ2) is 7.27. The Balaban J connectivity index is 3.61. The average Bonchev–Trinajstić information content (AvgIpc) is 2.40. The zero-order chi connectivity index (χ0) is 17.0. The van der Waals surface area contributed by atoms with Crippen molar-refractivity contribution in [2.75, 3.05) is 13.2 Å². The van der Waals surface area contributed by atoms with Gasteiger partial charge in [-0.15, -0.1) is 0 Å². The van der Waals surface area contributed by atoms with Crippen molar-refractivity contribution in [3.8, 4) is 0 Å². The van der Waals surface area contributed by atoms with Crippen LogP contribution in [0.4, 0.5) is 0 Å². The van der Waals surface area contributed by atoms with Crippen LogP contribution in [0.5, 0.6) is 0 Å². The zero-order valence-electron chi connectivity index (χ0n) is 13.7. The normalized spacial score (nSPS) is 11.9. The summed E-state index contributed by atoms with van der Waals surface area (Å²) >= 11 is 3.37. The molecule has 5 heteroatoms. The number of carbonyl (C=O) groups excluding carboxylic acids is 2. The van der Waals surface area contributed by atoms with Crippen LogP contribution in [0.2, 0.25) is 0 Å². The second-order valence-electron chi connectivity index (χ2n) is 5.95. The summed E-state index contributed by atoms with van der Waals surface area (Å²) in [6.07, 6.45) is 0. The number of hydrogen-bond donors (Lipinski definition) is 0. The van der Waals surface area contributed by atoms with Crippen molar-refractivity contribution in [2.24, 2.45) is 5.41 Å². The van der Waals surface area contributed by atoms with Gasteiger partial charge in [-0.25, -0.2) is 0 Å². The van der Waals surface area contributed by atoms with E-state index in [1.54, 1.807) is 38.1 Å². The van der Waals surface area contributed by atoms with Gasteiger partial charge >= 0.3 is 11.9 Å². The Morgan fingerprint density at radius 2 is 1.36 bits per heavy atom. The third kappa shape index (κ3) is 3.35. The Hall–Kier alpha value is -1.36. The van der Waals surface area contributed by atoms with Crippen LogP contribution in [-0.4, -0.2) is 25.2 Å². The van der Waals surface area contributed by atoms with Crippen LogP contribution in [0, 0.1) is 5.41 Å². The van der Waals surface area contributed by atoms with E-state index in [1.807, 2.05) is 20.8 Å². The van der Waals surface area contributed by atoms with Crippen molar-refractivity contribution in [1.29, 1.82) is 0 Å². The minimum absolute atomic E-state index is 0.201. The van der Waals surface area contributed by atoms with E-state index in [2.05, 4.69) is 15.9 Å². The molecule has 1 rings (SSSR count). The van der Waals surface area contributed by atoms with Crippen molar-refractivity contribution >= 4 is 27.9 Å². The van der Waals surface area contributed by atoms with E-state index in [1.165, 1.54) is 0 Å². The lowest BCUT2D eigenvalue weighted by Gasteiger charge is -2.40. The molecule has 4 nitrogen and oxygen atoms in total. The number of benzene rings is 1. The first-order chi connectivity index (χ1) is 10.2. The van der Waals surface area contributed by atoms with Gasteiger partial charge in [-0.2, -0.15) is 0 Å². The molecule has 1 aromatic rings. The van der Waals surface area contributed by atoms with Crippen LogP contribution in [-0.2, 0) is 24.5 Å². The Bertz CT molecular complexity index is 511. The van der Waals surface area contributed by atoms with Crippen LogP contribution in [0.1, 0.15) is 40.2 Å². The molecule has 0 radical (unpaired) electrons. The second-order valence-corrected chi connectivity index (χ2v) is 6.86. The number of carbonyl (C=O) groups is 2. The van der Waals surface area contributed by atoms with Gasteiger partial charge in [0.15, 0.2) is 5.41 Å². The highest BCUT2D eigenvalue weighted by Crippen LogP contribution is 2.44. The van der Waals surface area contributed by atoms with E-state index < -0.39 is 22.8 Å². The van der Waals surface area contributed by atoms with Crippen LogP contribution in [0.25, 0.3) is 0 Å². The van der Waals surface area contributed by atoms with Crippen molar-refractivity contribution < 1.29 is 19.1 Å². The molecule has 0 aliphatic rings. The van der Waals surface area contributed by atoms with Crippen molar-refractivity contribution in [3.63, 3.8) is 0 Å². The SMILES string of the molecule is CCOC(=O)C(C(=O)OCC)(c1ccc(Br)cc1)C(C)(C)C. The van der Waals surface area contributed by atoms with Crippen LogP contribution < -0.4 is 0 Å². The zero-order valence-corrected chi connectivity index (χ0v) is 15.3. The fourth-order valence-corrected chi connectivity index (χ4v) is 2.81. The van der Waals surface area contributed by atoms with E-state index in [9.17, 15) is 9.59 Å². The summed E-state index contributed by atoms with van der Waals surface area (Å²) in [5.74, 6) is -1.16. The summed E-state index contributed by atoms with van der Waals surface area (Å²) in [4.78, 5) is 25.6. The summed E-state index contributed by atoms with van der Waals surface area (Å²) in [6.45, 7) is 9.35. The van der Waals surface area contributed by atoms with Gasteiger partial charge in [-0.05, 0) is 37.0 Å². The van der Waals surface area contributed by atoms with Gasteiger partial charge in [0, 0.05) is 4.47 Å². The number of esters is 2. The molecule has 0 atom stereocenters. The smallest absolute Gasteiger partial charge is 0.328 e. The number of hydrogen-bond acceptors (Lipinski definition) is 4. The van der Waals surface area contributed by atoms with Crippen LogP contribution >= 0.6 is 15.9 Å². The van der Waals surface area contributed by atoms with Crippen LogP contribution in [0.3, 0.4) is 0 Å². The lowest BCUT2D eigenvalue weighted by atomic mass is 9.62. The molecule has 22 heavy (non-hydrogen) atoms. The third-order valence-corrected chi connectivity index (χ3v) is 4.09. The highest BCUT2D eigenvalue weighted by molar-refractivity contribution is 9.10. The van der Waals surface area contributed by atoms with E-state index in [-0.39, 0.29) is 13.2 Å². The molecule has 0 aliphatic carbocycles. The number of rotatable bonds is 5. The maximum Gasteiger partial charge on any atom is 0.328 e. The first-order valence-corrected chi connectivity index (χ1v) is 8.11. The van der Waals surface area contributed by atoms with Gasteiger partial charge in [-0.3, -0.25) is 9.59 Å². The molecule has 0 N–H and O–H groups in total. The lowest BCUT2D eigenvalue weighted by molar-refractivity contribution is -0.171. The molecule has 0 aromatic heterocycles. The highest BCUT2D eigenvalue weighted by atomic mass is 79.9. The molecule has 0 saturated heterocycles. The summed E-state index contributed by atoms with van der Waals surface area (Å²) < 4.78 is 11.3. The maximum atomic E-state index is 12.8. The standard InChI is InChI=1S/C17H23BrO4/c1-6-21-14(19)17(16(3,4)5,15(20)22-7-2)12-8-10-13(18)11-9-12/h8-11H,6-7H2,1-5H3. The predicted molar refractivity (Wildman–Crippen MR) is 88.5 cm³/mol. The molecule has 0 saturated carbocycles. The molecular weight excluding hydrogens is 348 g/mol. The van der Waals surface area contributed by atoms with Gasteiger partial charge in [0.05, 0.1) is 13.2 Å². The predicted octanol–water partition coefficient (Wildman–Crippen LogP) is 3.86. The molecular formula is C17H23BrO4. The quantitative estimate of drug-likeness (QED) is 0.583. The molecule has 122 valence electrons. The topological polar surface area (TPSA) is 52.6 Å². The summed E-state index contributed by atoms with van der Waals surface area (Å²) in [5, 5.41) is 0. The van der Waals surface area contributed by atoms with Gasteiger partial charge in [0.2, 0.25) is 0 Å². The minimum Gasteiger partial charge on any atom is -0.465 e. The van der Waals surface area contributed by atoms with E-state index in [4.69, 9.17) is 9.47 Å². The number of halogens is 1.